The molecule has 2 heterocycles. The van der Waals surface area contributed by atoms with Crippen LogP contribution in [0.4, 0.5) is 5.69 Å². The van der Waals surface area contributed by atoms with Crippen LogP contribution in [0.15, 0.2) is 67.1 Å². The summed E-state index contributed by atoms with van der Waals surface area (Å²) in [4.78, 5) is 17.6. The van der Waals surface area contributed by atoms with Gasteiger partial charge in [0, 0.05) is 47.8 Å². The molecule has 2 N–H and O–H groups in total. The van der Waals surface area contributed by atoms with Gasteiger partial charge in [0.15, 0.2) is 0 Å². The number of carboxylic acids is 1. The molecule has 7 rings (SSSR count). The Morgan fingerprint density at radius 3 is 2.74 bits per heavy atom. The fourth-order valence-corrected chi connectivity index (χ4v) is 9.24. The van der Waals surface area contributed by atoms with Gasteiger partial charge in [0.05, 0.1) is 19.4 Å². The molecule has 8 nitrogen and oxygen atoms in total. The van der Waals surface area contributed by atoms with Crippen molar-refractivity contribution in [3.05, 3.63) is 100 Å². The topological polar surface area (TPSA) is 98.5 Å². The van der Waals surface area contributed by atoms with Crippen molar-refractivity contribution in [3.63, 3.8) is 0 Å². The zero-order valence-electron chi connectivity index (χ0n) is 29.5. The highest BCUT2D eigenvalue weighted by molar-refractivity contribution is 6.30. The highest BCUT2D eigenvalue weighted by Gasteiger charge is 2.54. The number of carboxylic acid groups (broad SMARTS) is 1. The molecule has 0 unspecified atom stereocenters. The van der Waals surface area contributed by atoms with Crippen LogP contribution in [0, 0.1) is 11.8 Å². The maximum Gasteiger partial charge on any atom is 0.329 e. The van der Waals surface area contributed by atoms with Crippen molar-refractivity contribution < 1.29 is 19.4 Å². The number of benzene rings is 2. The van der Waals surface area contributed by atoms with Gasteiger partial charge in [-0.2, -0.15) is 5.10 Å². The second-order valence-corrected chi connectivity index (χ2v) is 15.6. The Balaban J connectivity index is 1.11. The Hall–Kier alpha value is -4.04. The maximum atomic E-state index is 13.0. The molecule has 0 radical (unpaired) electrons. The Morgan fingerprint density at radius 1 is 1.14 bits per heavy atom. The summed E-state index contributed by atoms with van der Waals surface area (Å²) < 4.78 is 14.7. The number of rotatable bonds is 12. The monoisotopic (exact) mass is 696 g/mol. The van der Waals surface area contributed by atoms with E-state index in [9.17, 15) is 9.90 Å². The van der Waals surface area contributed by atoms with Crippen LogP contribution in [-0.4, -0.2) is 44.6 Å². The second-order valence-electron chi connectivity index (χ2n) is 15.1. The van der Waals surface area contributed by atoms with Crippen LogP contribution in [0.5, 0.6) is 11.5 Å². The molecule has 3 atom stereocenters. The summed E-state index contributed by atoms with van der Waals surface area (Å²) in [6, 6.07) is 16.0. The van der Waals surface area contributed by atoms with Gasteiger partial charge in [-0.3, -0.25) is 9.67 Å². The zero-order chi connectivity index (χ0) is 34.9. The third-order valence-electron chi connectivity index (χ3n) is 11.7. The molecule has 4 aromatic rings. The van der Waals surface area contributed by atoms with E-state index in [1.807, 2.05) is 54.6 Å². The minimum Gasteiger partial charge on any atom is -0.493 e. The summed E-state index contributed by atoms with van der Waals surface area (Å²) in [5.41, 5.74) is 5.83. The molecule has 3 aliphatic rings. The summed E-state index contributed by atoms with van der Waals surface area (Å²) in [6.45, 7) is 5.79. The lowest BCUT2D eigenvalue weighted by atomic mass is 9.59. The van der Waals surface area contributed by atoms with E-state index in [0.717, 1.165) is 61.3 Å². The van der Waals surface area contributed by atoms with E-state index in [0.29, 0.717) is 48.8 Å². The number of nitrogens with one attached hydrogen (secondary N) is 1. The first-order valence-corrected chi connectivity index (χ1v) is 18.6. The van der Waals surface area contributed by atoms with Crippen molar-refractivity contribution in [1.82, 2.24) is 14.8 Å². The fourth-order valence-electron chi connectivity index (χ4n) is 9.05. The number of hydrogen-bond donors (Lipinski definition) is 2. The lowest BCUT2D eigenvalue weighted by molar-refractivity contribution is -0.144. The number of fused-ring (bicyclic) bond motifs is 3. The molecule has 9 heteroatoms. The maximum absolute atomic E-state index is 13.0. The van der Waals surface area contributed by atoms with Gasteiger partial charge < -0.3 is 19.9 Å². The van der Waals surface area contributed by atoms with Crippen LogP contribution in [0.3, 0.4) is 0 Å². The van der Waals surface area contributed by atoms with Crippen LogP contribution in [0.1, 0.15) is 92.7 Å². The standard InChI is InChI=1S/C41H49ClN4O4/c1-27(26-50-37-12-18-43-36-9-4-6-28(2)38(36)37)20-31-21-30-10-11-34(49-19-13-29-24-44-46(3)25-29)23-35(30)40(31)14-16-41(17-15-40,39(47)48)45-33-8-5-7-32(42)22-33/h5,7-8,10-12,18,22-25,27-28,31,45H,4,6,9,13-17,19-21,26H2,1-3H3,(H,47,48)/t27-,28-,31+,40?,41?/m1/s1. The van der Waals surface area contributed by atoms with Gasteiger partial charge in [0.2, 0.25) is 0 Å². The lowest BCUT2D eigenvalue weighted by Gasteiger charge is -2.47. The highest BCUT2D eigenvalue weighted by atomic mass is 35.5. The first kappa shape index (κ1) is 34.4. The first-order chi connectivity index (χ1) is 24.1. The summed E-state index contributed by atoms with van der Waals surface area (Å²) >= 11 is 6.29. The van der Waals surface area contributed by atoms with Gasteiger partial charge >= 0.3 is 5.97 Å². The highest BCUT2D eigenvalue weighted by Crippen LogP contribution is 2.56. The third kappa shape index (κ3) is 6.96. The van der Waals surface area contributed by atoms with Crippen LogP contribution in [0.2, 0.25) is 5.02 Å². The molecule has 50 heavy (non-hydrogen) atoms. The third-order valence-corrected chi connectivity index (χ3v) is 11.9. The number of aryl methyl sites for hydroxylation is 2. The number of carbonyl (C=O) groups is 1. The van der Waals surface area contributed by atoms with Crippen molar-refractivity contribution in [2.24, 2.45) is 18.9 Å². The molecule has 1 saturated carbocycles. The van der Waals surface area contributed by atoms with Gasteiger partial charge in [-0.25, -0.2) is 4.79 Å². The summed E-state index contributed by atoms with van der Waals surface area (Å²) in [5.74, 6) is 2.19. The van der Waals surface area contributed by atoms with E-state index in [2.05, 4.69) is 47.4 Å². The molecule has 2 aromatic carbocycles. The number of ether oxygens (including phenoxy) is 2. The Morgan fingerprint density at radius 2 is 1.98 bits per heavy atom. The quantitative estimate of drug-likeness (QED) is 0.153. The second kappa shape index (κ2) is 14.3. The van der Waals surface area contributed by atoms with E-state index in [1.54, 1.807) is 6.07 Å². The predicted octanol–water partition coefficient (Wildman–Crippen LogP) is 8.55. The molecule has 0 amide bonds. The van der Waals surface area contributed by atoms with Crippen molar-refractivity contribution >= 4 is 23.3 Å². The first-order valence-electron chi connectivity index (χ1n) is 18.3. The van der Waals surface area contributed by atoms with Crippen molar-refractivity contribution in [2.45, 2.75) is 94.9 Å². The molecule has 0 bridgehead atoms. The average molecular weight is 697 g/mol. The molecular formula is C41H49ClN4O4. The molecular weight excluding hydrogens is 648 g/mol. The lowest BCUT2D eigenvalue weighted by Crippen LogP contribution is -2.53. The van der Waals surface area contributed by atoms with E-state index in [-0.39, 0.29) is 5.41 Å². The summed E-state index contributed by atoms with van der Waals surface area (Å²) in [5, 5.41) is 18.9. The molecule has 1 fully saturated rings. The molecule has 1 spiro atoms. The van der Waals surface area contributed by atoms with Crippen molar-refractivity contribution in [1.29, 1.82) is 0 Å². The Labute approximate surface area is 300 Å². The zero-order valence-corrected chi connectivity index (χ0v) is 30.2. The van der Waals surface area contributed by atoms with Crippen molar-refractivity contribution in [2.75, 3.05) is 18.5 Å². The van der Waals surface area contributed by atoms with Crippen LogP contribution < -0.4 is 14.8 Å². The normalized spacial score (nSPS) is 24.7. The molecule has 3 aliphatic carbocycles. The van der Waals surface area contributed by atoms with Gasteiger partial charge in [0.25, 0.3) is 0 Å². The smallest absolute Gasteiger partial charge is 0.329 e. The van der Waals surface area contributed by atoms with Crippen LogP contribution in [-0.2, 0) is 36.5 Å². The summed E-state index contributed by atoms with van der Waals surface area (Å²) in [7, 11) is 1.92. The molecule has 0 aliphatic heterocycles. The minimum atomic E-state index is -1.06. The number of nitrogens with zero attached hydrogens (tertiary/aromatic N) is 3. The molecule has 264 valence electrons. The number of anilines is 1. The largest absolute Gasteiger partial charge is 0.493 e. The van der Waals surface area contributed by atoms with Gasteiger partial charge in [0.1, 0.15) is 17.0 Å². The number of hydrogen-bond acceptors (Lipinski definition) is 6. The van der Waals surface area contributed by atoms with Crippen LogP contribution in [0.25, 0.3) is 0 Å². The van der Waals surface area contributed by atoms with Gasteiger partial charge in [-0.15, -0.1) is 0 Å². The van der Waals surface area contributed by atoms with E-state index >= 15 is 0 Å². The number of aliphatic carboxylic acids is 1. The number of aromatic nitrogens is 3. The Bertz CT molecular complexity index is 1830. The SMILES string of the molecule is C[C@@H](COc1ccnc2c1[C@H](C)CCC2)C[C@H]1Cc2ccc(OCCc3cnn(C)c3)cc2C12CCC(Nc1cccc(Cl)c1)(C(=O)O)CC2. The van der Waals surface area contributed by atoms with Gasteiger partial charge in [-0.05, 0) is 134 Å². The van der Waals surface area contributed by atoms with E-state index in [1.165, 1.54) is 35.2 Å². The average Bonchev–Trinajstić information content (AvgIpc) is 3.64. The number of halogens is 1. The minimum absolute atomic E-state index is 0.147. The summed E-state index contributed by atoms with van der Waals surface area (Å²) in [6.07, 6.45) is 14.5. The van der Waals surface area contributed by atoms with Gasteiger partial charge in [-0.1, -0.05) is 37.6 Å². The Kier molecular flexibility index (Phi) is 9.84. The number of pyridine rings is 1. The van der Waals surface area contributed by atoms with Crippen LogP contribution >= 0.6 is 11.6 Å². The van der Waals surface area contributed by atoms with E-state index < -0.39 is 11.5 Å². The van der Waals surface area contributed by atoms with E-state index in [4.69, 9.17) is 21.1 Å². The fraction of sp³-hybridized carbons (Fsp3) is 0.488. The van der Waals surface area contributed by atoms with Crippen molar-refractivity contribution in [3.8, 4) is 11.5 Å². The molecule has 0 saturated heterocycles. The molecule has 2 aromatic heterocycles. The predicted molar refractivity (Wildman–Crippen MR) is 196 cm³/mol.